The van der Waals surface area contributed by atoms with Gasteiger partial charge in [-0.2, -0.15) is 0 Å². The molecule has 0 bridgehead atoms. The molecular formula is C12H19NO8. The van der Waals surface area contributed by atoms with Gasteiger partial charge in [0.2, 0.25) is 5.91 Å². The molecular weight excluding hydrogens is 286 g/mol. The Hall–Kier alpha value is -2.16. The Balaban J connectivity index is 5.25. The largest absolute Gasteiger partial charge is 0.469 e. The molecule has 0 aliphatic carbocycles. The Morgan fingerprint density at radius 2 is 1.48 bits per heavy atom. The van der Waals surface area contributed by atoms with E-state index in [2.05, 4.69) is 24.3 Å². The molecule has 0 saturated heterocycles. The van der Waals surface area contributed by atoms with Crippen molar-refractivity contribution >= 4 is 23.8 Å². The molecule has 0 radical (unpaired) electrons. The monoisotopic (exact) mass is 305 g/mol. The lowest BCUT2D eigenvalue weighted by Crippen LogP contribution is -2.51. The van der Waals surface area contributed by atoms with Crippen LogP contribution in [0.15, 0.2) is 0 Å². The zero-order chi connectivity index (χ0) is 16.4. The molecule has 9 heteroatoms. The van der Waals surface area contributed by atoms with E-state index >= 15 is 0 Å². The second-order valence-corrected chi connectivity index (χ2v) is 3.91. The summed E-state index contributed by atoms with van der Waals surface area (Å²) in [4.78, 5) is 46.4. The summed E-state index contributed by atoms with van der Waals surface area (Å²) in [7, 11) is 4.61. The first-order chi connectivity index (χ1) is 9.90. The van der Waals surface area contributed by atoms with Crippen molar-refractivity contribution in [1.29, 1.82) is 0 Å². The molecule has 9 nitrogen and oxygen atoms in total. The molecule has 0 unspecified atom stereocenters. The van der Waals surface area contributed by atoms with Crippen LogP contribution in [0.2, 0.25) is 0 Å². The third-order valence-electron chi connectivity index (χ3n) is 2.57. The molecule has 2 atom stereocenters. The fourth-order valence-corrected chi connectivity index (χ4v) is 1.55. The maximum atomic E-state index is 11.7. The third-order valence-corrected chi connectivity index (χ3v) is 2.57. The number of nitrogens with one attached hydrogen (secondary N) is 1. The summed E-state index contributed by atoms with van der Waals surface area (Å²) in [5.74, 6) is -4.39. The minimum Gasteiger partial charge on any atom is -0.469 e. The SMILES string of the molecule is COCC(=O)N[C@@H](C(=O)OC)[C@H](CC(=O)OC)C(=O)OC. The lowest BCUT2D eigenvalue weighted by atomic mass is 9.96. The average Bonchev–Trinajstić information content (AvgIpc) is 2.48. The summed E-state index contributed by atoms with van der Waals surface area (Å²) in [5, 5.41) is 2.27. The molecule has 0 fully saturated rings. The van der Waals surface area contributed by atoms with Crippen LogP contribution in [0.5, 0.6) is 0 Å². The van der Waals surface area contributed by atoms with E-state index in [-0.39, 0.29) is 6.61 Å². The van der Waals surface area contributed by atoms with Crippen LogP contribution in [0.1, 0.15) is 6.42 Å². The minimum atomic E-state index is -1.39. The van der Waals surface area contributed by atoms with Crippen molar-refractivity contribution in [1.82, 2.24) is 5.32 Å². The fourth-order valence-electron chi connectivity index (χ4n) is 1.55. The highest BCUT2D eigenvalue weighted by atomic mass is 16.5. The van der Waals surface area contributed by atoms with Crippen molar-refractivity contribution in [2.75, 3.05) is 35.0 Å². The number of methoxy groups -OCH3 is 4. The van der Waals surface area contributed by atoms with Crippen molar-refractivity contribution in [3.8, 4) is 0 Å². The van der Waals surface area contributed by atoms with Gasteiger partial charge in [0.1, 0.15) is 12.6 Å². The summed E-state index contributed by atoms with van der Waals surface area (Å²) in [5.41, 5.74) is 0. The van der Waals surface area contributed by atoms with Gasteiger partial charge in [-0.3, -0.25) is 14.4 Å². The predicted molar refractivity (Wildman–Crippen MR) is 68.0 cm³/mol. The molecule has 0 spiro atoms. The van der Waals surface area contributed by atoms with Gasteiger partial charge in [-0.05, 0) is 0 Å². The maximum absolute atomic E-state index is 11.7. The van der Waals surface area contributed by atoms with Crippen LogP contribution in [0, 0.1) is 5.92 Å². The van der Waals surface area contributed by atoms with Gasteiger partial charge in [-0.15, -0.1) is 0 Å². The molecule has 0 heterocycles. The van der Waals surface area contributed by atoms with Crippen LogP contribution in [0.25, 0.3) is 0 Å². The van der Waals surface area contributed by atoms with Crippen LogP contribution < -0.4 is 5.32 Å². The summed E-state index contributed by atoms with van der Waals surface area (Å²) >= 11 is 0. The van der Waals surface area contributed by atoms with Crippen molar-refractivity contribution in [3.05, 3.63) is 0 Å². The van der Waals surface area contributed by atoms with Crippen molar-refractivity contribution in [2.24, 2.45) is 5.92 Å². The van der Waals surface area contributed by atoms with E-state index in [0.717, 1.165) is 21.3 Å². The molecule has 0 aromatic carbocycles. The smallest absolute Gasteiger partial charge is 0.329 e. The zero-order valence-electron chi connectivity index (χ0n) is 12.3. The van der Waals surface area contributed by atoms with Crippen LogP contribution in [0.4, 0.5) is 0 Å². The second-order valence-electron chi connectivity index (χ2n) is 3.91. The quantitative estimate of drug-likeness (QED) is 0.432. The summed E-state index contributed by atoms with van der Waals surface area (Å²) in [6, 6.07) is -1.39. The zero-order valence-corrected chi connectivity index (χ0v) is 12.3. The van der Waals surface area contributed by atoms with Crippen molar-refractivity contribution < 1.29 is 38.1 Å². The van der Waals surface area contributed by atoms with E-state index in [0.29, 0.717) is 0 Å². The molecule has 1 amide bonds. The molecule has 0 aromatic heterocycles. The van der Waals surface area contributed by atoms with Gasteiger partial charge >= 0.3 is 17.9 Å². The minimum absolute atomic E-state index is 0.320. The topological polar surface area (TPSA) is 117 Å². The first kappa shape index (κ1) is 18.8. The Labute approximate surface area is 121 Å². The molecule has 0 saturated carbocycles. The van der Waals surface area contributed by atoms with Crippen LogP contribution in [0.3, 0.4) is 0 Å². The van der Waals surface area contributed by atoms with E-state index < -0.39 is 42.2 Å². The van der Waals surface area contributed by atoms with E-state index in [9.17, 15) is 19.2 Å². The molecule has 21 heavy (non-hydrogen) atoms. The Kier molecular flexibility index (Phi) is 8.70. The molecule has 1 N–H and O–H groups in total. The summed E-state index contributed by atoms with van der Waals surface area (Å²) in [6.07, 6.45) is -0.448. The highest BCUT2D eigenvalue weighted by molar-refractivity contribution is 5.91. The van der Waals surface area contributed by atoms with Crippen molar-refractivity contribution in [3.63, 3.8) is 0 Å². The number of hydrogen-bond donors (Lipinski definition) is 1. The van der Waals surface area contributed by atoms with Crippen molar-refractivity contribution in [2.45, 2.75) is 12.5 Å². The number of carbonyl (C=O) groups excluding carboxylic acids is 4. The summed E-state index contributed by atoms with van der Waals surface area (Å²) < 4.78 is 18.1. The van der Waals surface area contributed by atoms with E-state index in [1.165, 1.54) is 7.11 Å². The summed E-state index contributed by atoms with van der Waals surface area (Å²) in [6.45, 7) is -0.320. The predicted octanol–water partition coefficient (Wildman–Crippen LogP) is -1.36. The highest BCUT2D eigenvalue weighted by Crippen LogP contribution is 2.14. The molecule has 0 aliphatic rings. The average molecular weight is 305 g/mol. The second kappa shape index (κ2) is 9.70. The standard InChI is InChI=1S/C12H19NO8/c1-18-6-8(14)13-10(12(17)21-4)7(11(16)20-3)5-9(15)19-2/h7,10H,5-6H2,1-4H3,(H,13,14)/t7-,10+/m0/s1. The lowest BCUT2D eigenvalue weighted by Gasteiger charge is -2.23. The Morgan fingerprint density at radius 1 is 0.905 bits per heavy atom. The molecule has 0 aromatic rings. The van der Waals surface area contributed by atoms with Crippen LogP contribution in [-0.4, -0.2) is 64.9 Å². The first-order valence-corrected chi connectivity index (χ1v) is 5.92. The van der Waals surface area contributed by atoms with E-state index in [1.807, 2.05) is 0 Å². The van der Waals surface area contributed by atoms with Gasteiger partial charge in [-0.25, -0.2) is 4.79 Å². The fraction of sp³-hybridized carbons (Fsp3) is 0.667. The Bertz CT molecular complexity index is 395. The number of carbonyl (C=O) groups is 4. The number of ether oxygens (including phenoxy) is 4. The van der Waals surface area contributed by atoms with Gasteiger partial charge in [-0.1, -0.05) is 0 Å². The Morgan fingerprint density at radius 3 is 1.90 bits per heavy atom. The van der Waals surface area contributed by atoms with Gasteiger partial charge in [0.15, 0.2) is 0 Å². The van der Waals surface area contributed by atoms with Gasteiger partial charge in [0.05, 0.1) is 33.7 Å². The molecule has 0 rings (SSSR count). The van der Waals surface area contributed by atoms with Gasteiger partial charge in [0.25, 0.3) is 0 Å². The lowest BCUT2D eigenvalue weighted by molar-refractivity contribution is -0.159. The number of esters is 3. The van der Waals surface area contributed by atoms with Gasteiger partial charge in [0, 0.05) is 7.11 Å². The molecule has 0 aliphatic heterocycles. The first-order valence-electron chi connectivity index (χ1n) is 5.92. The molecule has 120 valence electrons. The number of rotatable bonds is 8. The van der Waals surface area contributed by atoms with Crippen LogP contribution in [-0.2, 0) is 38.1 Å². The third kappa shape index (κ3) is 6.21. The van der Waals surface area contributed by atoms with Gasteiger partial charge < -0.3 is 24.3 Å². The van der Waals surface area contributed by atoms with E-state index in [1.54, 1.807) is 0 Å². The number of amides is 1. The highest BCUT2D eigenvalue weighted by Gasteiger charge is 2.38. The maximum Gasteiger partial charge on any atom is 0.329 e. The number of hydrogen-bond acceptors (Lipinski definition) is 8. The van der Waals surface area contributed by atoms with E-state index in [4.69, 9.17) is 0 Å². The normalized spacial score (nSPS) is 12.8. The van der Waals surface area contributed by atoms with Crippen LogP contribution >= 0.6 is 0 Å².